The lowest BCUT2D eigenvalue weighted by molar-refractivity contribution is -0.278. The lowest BCUT2D eigenvalue weighted by Gasteiger charge is -2.74. The first-order valence-corrected chi connectivity index (χ1v) is 14.6. The highest BCUT2D eigenvalue weighted by Crippen LogP contribution is 2.76. The number of aliphatic hydroxyl groups excluding tert-OH is 1. The molecule has 11 atom stereocenters. The minimum atomic E-state index is -0.344. The zero-order valence-corrected chi connectivity index (χ0v) is 24.0. The molecule has 35 heavy (non-hydrogen) atoms. The normalized spacial score (nSPS) is 54.9. The highest BCUT2D eigenvalue weighted by Gasteiger charge is 2.71. The number of allylic oxidation sites excluding steroid dienone is 2. The van der Waals surface area contributed by atoms with Crippen LogP contribution in [0.2, 0.25) is 0 Å². The van der Waals surface area contributed by atoms with Gasteiger partial charge in [-0.2, -0.15) is 0 Å². The molecule has 0 amide bonds. The van der Waals surface area contributed by atoms with Gasteiger partial charge in [-0.15, -0.1) is 0 Å². The summed E-state index contributed by atoms with van der Waals surface area (Å²) in [5.74, 6) is 2.74. The molecule has 0 radical (unpaired) electrons. The predicted octanol–water partition coefficient (Wildman–Crippen LogP) is 7.57. The molecule has 198 valence electrons. The molecule has 1 N–H and O–H groups in total. The van der Waals surface area contributed by atoms with Gasteiger partial charge >= 0.3 is 5.97 Å². The second-order valence-corrected chi connectivity index (χ2v) is 15.4. The largest absolute Gasteiger partial charge is 0.462 e. The van der Waals surface area contributed by atoms with E-state index in [1.165, 1.54) is 39.0 Å². The van der Waals surface area contributed by atoms with Gasteiger partial charge in [0, 0.05) is 12.3 Å². The molecule has 5 aliphatic carbocycles. The number of carbonyl (C=O) groups excluding carboxylic acids is 1. The van der Waals surface area contributed by atoms with E-state index in [-0.39, 0.29) is 45.8 Å². The zero-order valence-electron chi connectivity index (χ0n) is 24.0. The summed E-state index contributed by atoms with van der Waals surface area (Å²) in [6.07, 6.45) is 11.4. The molecular formula is C32H52O3. The molecule has 3 nitrogen and oxygen atoms in total. The Balaban J connectivity index is 1.54. The van der Waals surface area contributed by atoms with Gasteiger partial charge in [-0.3, -0.25) is 4.79 Å². The fraction of sp³-hybridized carbons (Fsp3) is 0.906. The van der Waals surface area contributed by atoms with Gasteiger partial charge < -0.3 is 9.84 Å². The third-order valence-corrected chi connectivity index (χ3v) is 13.7. The Morgan fingerprint density at radius 2 is 1.69 bits per heavy atom. The molecule has 0 saturated heterocycles. The lowest BCUT2D eigenvalue weighted by atomic mass is 9.31. The maximum Gasteiger partial charge on any atom is 0.302 e. The van der Waals surface area contributed by atoms with E-state index in [1.807, 2.05) is 0 Å². The van der Waals surface area contributed by atoms with Gasteiger partial charge in [0.2, 0.25) is 0 Å². The fourth-order valence-electron chi connectivity index (χ4n) is 11.8. The molecule has 4 fully saturated rings. The van der Waals surface area contributed by atoms with Crippen molar-refractivity contribution in [3.8, 4) is 0 Å². The maximum absolute atomic E-state index is 12.0. The third-order valence-electron chi connectivity index (χ3n) is 13.7. The molecular weight excluding hydrogens is 432 g/mol. The Morgan fingerprint density at radius 3 is 2.34 bits per heavy atom. The summed E-state index contributed by atoms with van der Waals surface area (Å²) in [7, 11) is 0. The van der Waals surface area contributed by atoms with E-state index in [1.54, 1.807) is 5.57 Å². The van der Waals surface area contributed by atoms with Crippen LogP contribution >= 0.6 is 0 Å². The number of ether oxygens (including phenoxy) is 1. The van der Waals surface area contributed by atoms with Crippen LogP contribution in [-0.4, -0.2) is 23.3 Å². The van der Waals surface area contributed by atoms with E-state index in [0.29, 0.717) is 17.3 Å². The molecule has 5 aliphatic rings. The van der Waals surface area contributed by atoms with Crippen LogP contribution in [0.15, 0.2) is 11.6 Å². The highest BCUT2D eigenvalue weighted by molar-refractivity contribution is 5.66. The van der Waals surface area contributed by atoms with Crippen molar-refractivity contribution in [2.45, 2.75) is 126 Å². The number of hydrogen-bond acceptors (Lipinski definition) is 3. The average Bonchev–Trinajstić information content (AvgIpc) is 2.74. The lowest BCUT2D eigenvalue weighted by Crippen LogP contribution is -2.70. The van der Waals surface area contributed by atoms with Crippen molar-refractivity contribution >= 4 is 5.97 Å². The van der Waals surface area contributed by atoms with E-state index < -0.39 is 0 Å². The summed E-state index contributed by atoms with van der Waals surface area (Å²) in [4.78, 5) is 11.9. The van der Waals surface area contributed by atoms with Crippen LogP contribution in [0.5, 0.6) is 0 Å². The van der Waals surface area contributed by atoms with E-state index in [0.717, 1.165) is 31.1 Å². The quantitative estimate of drug-likeness (QED) is 0.308. The number of rotatable bonds is 1. The van der Waals surface area contributed by atoms with Crippen LogP contribution in [0.25, 0.3) is 0 Å². The van der Waals surface area contributed by atoms with Gasteiger partial charge in [-0.05, 0) is 110 Å². The van der Waals surface area contributed by atoms with Crippen LogP contribution < -0.4 is 0 Å². The summed E-state index contributed by atoms with van der Waals surface area (Å²) in [5, 5.41) is 12.0. The Hall–Kier alpha value is -0.830. The van der Waals surface area contributed by atoms with Crippen LogP contribution in [0.3, 0.4) is 0 Å². The zero-order chi connectivity index (χ0) is 25.8. The second kappa shape index (κ2) is 7.84. The maximum atomic E-state index is 12.0. The number of carbonyl (C=O) groups is 1. The van der Waals surface area contributed by atoms with Crippen LogP contribution in [0.4, 0.5) is 0 Å². The molecule has 0 spiro atoms. The molecule has 0 aromatic heterocycles. The first-order valence-electron chi connectivity index (χ1n) is 14.6. The van der Waals surface area contributed by atoms with Crippen LogP contribution in [0.1, 0.15) is 114 Å². The van der Waals surface area contributed by atoms with Crippen molar-refractivity contribution in [2.24, 2.45) is 56.7 Å². The first-order chi connectivity index (χ1) is 16.1. The molecule has 11 unspecified atom stereocenters. The number of esters is 1. The molecule has 0 heterocycles. The van der Waals surface area contributed by atoms with Crippen molar-refractivity contribution in [1.29, 1.82) is 0 Å². The Kier molecular flexibility index (Phi) is 5.78. The summed E-state index contributed by atoms with van der Waals surface area (Å²) >= 11 is 0. The first kappa shape index (κ1) is 25.8. The van der Waals surface area contributed by atoms with Crippen molar-refractivity contribution in [3.05, 3.63) is 11.6 Å². The fourth-order valence-corrected chi connectivity index (χ4v) is 11.8. The number of aliphatic hydroxyl groups is 1. The van der Waals surface area contributed by atoms with E-state index in [9.17, 15) is 9.90 Å². The molecule has 0 aromatic carbocycles. The monoisotopic (exact) mass is 484 g/mol. The van der Waals surface area contributed by atoms with Crippen LogP contribution in [-0.2, 0) is 9.53 Å². The minimum absolute atomic E-state index is 0.0787. The predicted molar refractivity (Wildman–Crippen MR) is 142 cm³/mol. The molecule has 0 bridgehead atoms. The average molecular weight is 485 g/mol. The SMILES string of the molecule is CC(=O)OC1CCC2(C)C(C(O)CC3(C)C2CCC2C4C(C)C(C)=CCC4(C)CCC23C)C1(C)C. The van der Waals surface area contributed by atoms with Crippen molar-refractivity contribution < 1.29 is 14.6 Å². The number of fused-ring (bicyclic) bond motifs is 7. The highest BCUT2D eigenvalue weighted by atomic mass is 16.5. The van der Waals surface area contributed by atoms with Crippen molar-refractivity contribution in [3.63, 3.8) is 0 Å². The summed E-state index contributed by atoms with van der Waals surface area (Å²) in [6.45, 7) is 21.2. The molecule has 3 heteroatoms. The van der Waals surface area contributed by atoms with E-state index in [4.69, 9.17) is 4.74 Å². The molecule has 5 rings (SSSR count). The number of hydrogen-bond donors (Lipinski definition) is 1. The third kappa shape index (κ3) is 3.28. The summed E-state index contributed by atoms with van der Waals surface area (Å²) in [6, 6.07) is 0. The second-order valence-electron chi connectivity index (χ2n) is 15.4. The molecule has 0 aliphatic heterocycles. The summed E-state index contributed by atoms with van der Waals surface area (Å²) in [5.41, 5.74) is 2.29. The van der Waals surface area contributed by atoms with E-state index >= 15 is 0 Å². The van der Waals surface area contributed by atoms with Crippen LogP contribution in [0, 0.1) is 56.7 Å². The topological polar surface area (TPSA) is 46.5 Å². The van der Waals surface area contributed by atoms with Gasteiger partial charge in [0.15, 0.2) is 0 Å². The van der Waals surface area contributed by atoms with E-state index in [2.05, 4.69) is 61.5 Å². The van der Waals surface area contributed by atoms with Gasteiger partial charge in [0.1, 0.15) is 6.10 Å². The van der Waals surface area contributed by atoms with Crippen molar-refractivity contribution in [1.82, 2.24) is 0 Å². The molecule has 0 aromatic rings. The summed E-state index contributed by atoms with van der Waals surface area (Å²) < 4.78 is 5.85. The Labute approximate surface area is 214 Å². The van der Waals surface area contributed by atoms with Gasteiger partial charge in [-0.25, -0.2) is 0 Å². The van der Waals surface area contributed by atoms with Gasteiger partial charge in [0.25, 0.3) is 0 Å². The Morgan fingerprint density at radius 1 is 1.00 bits per heavy atom. The van der Waals surface area contributed by atoms with Gasteiger partial charge in [-0.1, -0.05) is 60.1 Å². The van der Waals surface area contributed by atoms with Crippen molar-refractivity contribution in [2.75, 3.05) is 0 Å². The molecule has 4 saturated carbocycles. The van der Waals surface area contributed by atoms with Gasteiger partial charge in [0.05, 0.1) is 6.10 Å². The standard InChI is InChI=1S/C32H52O3/c1-19-12-14-29(6)16-17-31(8)22(26(29)20(19)2)10-11-24-30(7)15-13-25(35-21(3)33)28(4,5)27(30)23(34)18-32(24,31)9/h12,20,22-27,34H,10-11,13-18H2,1-9H3. The minimum Gasteiger partial charge on any atom is -0.462 e. The smallest absolute Gasteiger partial charge is 0.302 e. The Bertz CT molecular complexity index is 920.